The van der Waals surface area contributed by atoms with Crippen LogP contribution < -0.4 is 5.32 Å². The first-order valence-corrected chi connectivity index (χ1v) is 5.98. The third-order valence-electron chi connectivity index (χ3n) is 3.04. The van der Waals surface area contributed by atoms with Gasteiger partial charge in [-0.25, -0.2) is 18.7 Å². The Morgan fingerprint density at radius 1 is 1.16 bits per heavy atom. The van der Waals surface area contributed by atoms with Crippen LogP contribution in [-0.4, -0.2) is 17.0 Å². The Hall–Kier alpha value is -1.88. The highest BCUT2D eigenvalue weighted by Gasteiger charge is 2.11. The highest BCUT2D eigenvalue weighted by Crippen LogP contribution is 2.21. The molecule has 0 aliphatic rings. The predicted molar refractivity (Wildman–Crippen MR) is 69.6 cm³/mol. The topological polar surface area (TPSA) is 37.8 Å². The minimum atomic E-state index is -0.635. The minimum Gasteiger partial charge on any atom is -0.313 e. The van der Waals surface area contributed by atoms with Crippen LogP contribution in [-0.2, 0) is 0 Å². The van der Waals surface area contributed by atoms with Crippen molar-refractivity contribution >= 4 is 0 Å². The molecular weight excluding hydrogens is 248 g/mol. The third kappa shape index (κ3) is 2.93. The van der Waals surface area contributed by atoms with Gasteiger partial charge in [-0.1, -0.05) is 0 Å². The lowest BCUT2D eigenvalue weighted by molar-refractivity contribution is 0.584. The zero-order chi connectivity index (χ0) is 14.0. The molecule has 0 fully saturated rings. The van der Waals surface area contributed by atoms with Crippen LogP contribution in [0.15, 0.2) is 24.4 Å². The van der Waals surface area contributed by atoms with Gasteiger partial charge in [-0.05, 0) is 33.0 Å². The molecule has 0 bridgehead atoms. The Labute approximate surface area is 110 Å². The fourth-order valence-corrected chi connectivity index (χ4v) is 1.88. The molecule has 0 radical (unpaired) electrons. The largest absolute Gasteiger partial charge is 0.313 e. The van der Waals surface area contributed by atoms with Crippen molar-refractivity contribution in [2.24, 2.45) is 0 Å². The summed E-state index contributed by atoms with van der Waals surface area (Å²) in [6, 6.07) is 3.39. The van der Waals surface area contributed by atoms with E-state index in [4.69, 9.17) is 0 Å². The summed E-state index contributed by atoms with van der Waals surface area (Å²) in [5.41, 5.74) is 2.09. The molecule has 5 heteroatoms. The summed E-state index contributed by atoms with van der Waals surface area (Å²) in [5.74, 6) is -0.948. The van der Waals surface area contributed by atoms with E-state index < -0.39 is 11.6 Å². The van der Waals surface area contributed by atoms with Crippen LogP contribution in [0.25, 0.3) is 11.4 Å². The quantitative estimate of drug-likeness (QED) is 0.925. The highest BCUT2D eigenvalue weighted by atomic mass is 19.1. The van der Waals surface area contributed by atoms with Gasteiger partial charge in [0.2, 0.25) is 0 Å². The number of hydrogen-bond acceptors (Lipinski definition) is 3. The van der Waals surface area contributed by atoms with Gasteiger partial charge in [0.25, 0.3) is 0 Å². The molecule has 1 aromatic heterocycles. The Morgan fingerprint density at radius 3 is 2.32 bits per heavy atom. The van der Waals surface area contributed by atoms with Gasteiger partial charge >= 0.3 is 0 Å². The fourth-order valence-electron chi connectivity index (χ4n) is 1.88. The molecule has 0 amide bonds. The molecule has 1 N–H and O–H groups in total. The molecule has 0 aliphatic heterocycles. The minimum absolute atomic E-state index is 0.123. The fraction of sp³-hybridized carbons (Fsp3) is 0.286. The maximum atomic E-state index is 13.2. The van der Waals surface area contributed by atoms with Crippen molar-refractivity contribution in [3.05, 3.63) is 47.3 Å². The van der Waals surface area contributed by atoms with Crippen LogP contribution in [0.4, 0.5) is 8.78 Å². The van der Waals surface area contributed by atoms with Crippen molar-refractivity contribution < 1.29 is 8.78 Å². The van der Waals surface area contributed by atoms with Gasteiger partial charge in [-0.3, -0.25) is 0 Å². The smallest absolute Gasteiger partial charge is 0.159 e. The molecule has 3 nitrogen and oxygen atoms in total. The van der Waals surface area contributed by atoms with Gasteiger partial charge in [0.05, 0.1) is 0 Å². The van der Waals surface area contributed by atoms with E-state index in [0.29, 0.717) is 11.4 Å². The van der Waals surface area contributed by atoms with Crippen molar-refractivity contribution in [1.82, 2.24) is 15.3 Å². The van der Waals surface area contributed by atoms with E-state index in [2.05, 4.69) is 15.3 Å². The summed E-state index contributed by atoms with van der Waals surface area (Å²) in [6.07, 6.45) is 1.68. The highest BCUT2D eigenvalue weighted by molar-refractivity contribution is 5.55. The molecule has 0 aliphatic carbocycles. The zero-order valence-electron chi connectivity index (χ0n) is 11.0. The number of nitrogens with zero attached hydrogens (tertiary/aromatic N) is 2. The second kappa shape index (κ2) is 5.40. The molecule has 1 aromatic carbocycles. The maximum absolute atomic E-state index is 13.2. The summed E-state index contributed by atoms with van der Waals surface area (Å²) in [7, 11) is 1.85. The summed E-state index contributed by atoms with van der Waals surface area (Å²) in [6.45, 7) is 3.84. The number of aryl methyl sites for hydroxylation is 1. The lowest BCUT2D eigenvalue weighted by atomic mass is 10.1. The van der Waals surface area contributed by atoms with Crippen molar-refractivity contribution in [2.75, 3.05) is 7.05 Å². The normalized spacial score (nSPS) is 12.5. The van der Waals surface area contributed by atoms with Crippen LogP contribution >= 0.6 is 0 Å². The molecule has 2 aromatic rings. The van der Waals surface area contributed by atoms with E-state index >= 15 is 0 Å². The Morgan fingerprint density at radius 2 is 1.79 bits per heavy atom. The second-order valence-corrected chi connectivity index (χ2v) is 4.40. The molecule has 1 heterocycles. The number of rotatable bonds is 3. The van der Waals surface area contributed by atoms with Gasteiger partial charge in [0.1, 0.15) is 11.6 Å². The van der Waals surface area contributed by atoms with E-state index in [-0.39, 0.29) is 6.04 Å². The number of halogens is 2. The third-order valence-corrected chi connectivity index (χ3v) is 3.04. The first kappa shape index (κ1) is 13.5. The van der Waals surface area contributed by atoms with Gasteiger partial charge < -0.3 is 5.32 Å². The average Bonchev–Trinajstić information content (AvgIpc) is 2.36. The van der Waals surface area contributed by atoms with E-state index in [1.807, 2.05) is 20.9 Å². The molecule has 19 heavy (non-hydrogen) atoms. The standard InChI is InChI=1S/C14H15F2N3/c1-8(17-3)13-7-18-14(19-9(13)2)10-4-11(15)6-12(16)5-10/h4-8,17H,1-3H3. The van der Waals surface area contributed by atoms with Crippen LogP contribution in [0.3, 0.4) is 0 Å². The predicted octanol–water partition coefficient (Wildman–Crippen LogP) is 3.01. The number of benzene rings is 1. The molecule has 1 atom stereocenters. The molecule has 2 rings (SSSR count). The van der Waals surface area contributed by atoms with Gasteiger partial charge in [-0.15, -0.1) is 0 Å². The van der Waals surface area contributed by atoms with Gasteiger partial charge in [-0.2, -0.15) is 0 Å². The Bertz CT molecular complexity index is 579. The summed E-state index contributed by atoms with van der Waals surface area (Å²) in [4.78, 5) is 8.49. The van der Waals surface area contributed by atoms with E-state index in [0.717, 1.165) is 17.3 Å². The number of aromatic nitrogens is 2. The molecule has 0 spiro atoms. The maximum Gasteiger partial charge on any atom is 0.159 e. The molecule has 0 saturated carbocycles. The van der Waals surface area contributed by atoms with Gasteiger partial charge in [0, 0.05) is 35.1 Å². The Kier molecular flexibility index (Phi) is 3.85. The molecule has 0 saturated heterocycles. The summed E-state index contributed by atoms with van der Waals surface area (Å²) in [5, 5.41) is 3.10. The van der Waals surface area contributed by atoms with E-state index in [1.165, 1.54) is 12.1 Å². The van der Waals surface area contributed by atoms with Crippen LogP contribution in [0.2, 0.25) is 0 Å². The number of nitrogens with one attached hydrogen (secondary N) is 1. The number of hydrogen-bond donors (Lipinski definition) is 1. The van der Waals surface area contributed by atoms with Gasteiger partial charge in [0.15, 0.2) is 5.82 Å². The van der Waals surface area contributed by atoms with Crippen LogP contribution in [0.1, 0.15) is 24.2 Å². The van der Waals surface area contributed by atoms with Crippen molar-refractivity contribution in [3.63, 3.8) is 0 Å². The average molecular weight is 263 g/mol. The van der Waals surface area contributed by atoms with Crippen molar-refractivity contribution in [2.45, 2.75) is 19.9 Å². The monoisotopic (exact) mass is 263 g/mol. The second-order valence-electron chi connectivity index (χ2n) is 4.40. The van der Waals surface area contributed by atoms with E-state index in [1.54, 1.807) is 6.20 Å². The first-order chi connectivity index (χ1) is 9.01. The first-order valence-electron chi connectivity index (χ1n) is 5.98. The Balaban J connectivity index is 2.44. The lowest BCUT2D eigenvalue weighted by Crippen LogP contribution is -2.14. The zero-order valence-corrected chi connectivity index (χ0v) is 11.0. The summed E-state index contributed by atoms with van der Waals surface area (Å²) < 4.78 is 26.3. The SMILES string of the molecule is CNC(C)c1cnc(-c2cc(F)cc(F)c2)nc1C. The van der Waals surface area contributed by atoms with Crippen LogP contribution in [0.5, 0.6) is 0 Å². The van der Waals surface area contributed by atoms with Crippen LogP contribution in [0, 0.1) is 18.6 Å². The molecule has 100 valence electrons. The lowest BCUT2D eigenvalue weighted by Gasteiger charge is -2.13. The molecule has 1 unspecified atom stereocenters. The molecular formula is C14H15F2N3. The van der Waals surface area contributed by atoms with Crippen molar-refractivity contribution in [1.29, 1.82) is 0 Å². The van der Waals surface area contributed by atoms with Crippen molar-refractivity contribution in [3.8, 4) is 11.4 Å². The van der Waals surface area contributed by atoms with E-state index in [9.17, 15) is 8.78 Å². The summed E-state index contributed by atoms with van der Waals surface area (Å²) >= 11 is 0.